The Morgan fingerprint density at radius 1 is 1.12 bits per heavy atom. The molecule has 4 amide bonds. The SMILES string of the molecule is [2H]c1cc(OCc2ccc(CN3CCOCC3=O)cc2)c2c(c1)C(=O)N(C1CCC(=O)NC1=O)C2[2H]. The second kappa shape index (κ2) is 9.26. The second-order valence-electron chi connectivity index (χ2n) is 8.43. The van der Waals surface area contributed by atoms with E-state index in [1.165, 1.54) is 12.1 Å². The van der Waals surface area contributed by atoms with Gasteiger partial charge in [0.2, 0.25) is 17.7 Å². The molecular formula is C25H25N3O6. The number of hydrogen-bond donors (Lipinski definition) is 1. The zero-order valence-corrected chi connectivity index (χ0v) is 18.4. The normalized spacial score (nSPS) is 23.4. The Kier molecular flexibility index (Phi) is 5.37. The third-order valence-corrected chi connectivity index (χ3v) is 6.15. The fourth-order valence-electron chi connectivity index (χ4n) is 4.27. The highest BCUT2D eigenvalue weighted by Gasteiger charge is 2.40. The molecule has 2 atom stereocenters. The standard InChI is InChI=1S/C25H25N3O6/c29-22-9-8-20(24(31)26-22)28-13-19-18(25(28)32)2-1-3-21(19)34-14-17-6-4-16(5-7-17)12-27-10-11-33-15-23(27)30/h1-7,20H,8-15H2,(H,26,29,31)/i1D,13D. The van der Waals surface area contributed by atoms with Gasteiger partial charge in [-0.15, -0.1) is 0 Å². The molecule has 2 unspecified atom stereocenters. The van der Waals surface area contributed by atoms with E-state index in [9.17, 15) is 19.2 Å². The van der Waals surface area contributed by atoms with Crippen LogP contribution in [0.5, 0.6) is 5.75 Å². The van der Waals surface area contributed by atoms with Crippen LogP contribution in [-0.2, 0) is 38.8 Å². The van der Waals surface area contributed by atoms with Crippen molar-refractivity contribution in [2.45, 2.75) is 38.6 Å². The van der Waals surface area contributed by atoms with E-state index in [4.69, 9.17) is 12.2 Å². The van der Waals surface area contributed by atoms with E-state index in [2.05, 4.69) is 5.32 Å². The molecule has 176 valence electrons. The van der Waals surface area contributed by atoms with Crippen LogP contribution in [0.15, 0.2) is 42.4 Å². The zero-order valence-electron chi connectivity index (χ0n) is 20.4. The lowest BCUT2D eigenvalue weighted by Crippen LogP contribution is -2.52. The molecule has 3 heterocycles. The van der Waals surface area contributed by atoms with E-state index in [0.29, 0.717) is 25.3 Å². The number of imide groups is 1. The smallest absolute Gasteiger partial charge is 0.255 e. The van der Waals surface area contributed by atoms with Crippen LogP contribution in [0.1, 0.15) is 42.6 Å². The topological polar surface area (TPSA) is 105 Å². The number of benzene rings is 2. The van der Waals surface area contributed by atoms with Gasteiger partial charge in [0.1, 0.15) is 25.0 Å². The Morgan fingerprint density at radius 2 is 1.91 bits per heavy atom. The van der Waals surface area contributed by atoms with Crippen molar-refractivity contribution in [3.8, 4) is 5.75 Å². The molecule has 9 nitrogen and oxygen atoms in total. The average molecular weight is 466 g/mol. The fraction of sp³-hybridized carbons (Fsp3) is 0.360. The van der Waals surface area contributed by atoms with Gasteiger partial charge in [-0.25, -0.2) is 0 Å². The first-order chi connectivity index (χ1) is 17.3. The molecule has 2 fully saturated rings. The van der Waals surface area contributed by atoms with Crippen molar-refractivity contribution in [2.24, 2.45) is 0 Å². The lowest BCUT2D eigenvalue weighted by molar-refractivity contribution is -0.143. The number of nitrogens with one attached hydrogen (secondary N) is 1. The molecule has 0 bridgehead atoms. The quantitative estimate of drug-likeness (QED) is 0.647. The molecule has 2 aromatic rings. The summed E-state index contributed by atoms with van der Waals surface area (Å²) in [6.07, 6.45) is 0.234. The van der Waals surface area contributed by atoms with Crippen molar-refractivity contribution in [3.05, 3.63) is 64.7 Å². The van der Waals surface area contributed by atoms with E-state index in [-0.39, 0.29) is 49.3 Å². The Labute approximate surface area is 199 Å². The van der Waals surface area contributed by atoms with Crippen LogP contribution in [0.25, 0.3) is 0 Å². The van der Waals surface area contributed by atoms with E-state index in [1.807, 2.05) is 24.3 Å². The highest BCUT2D eigenvalue weighted by molar-refractivity contribution is 6.05. The minimum Gasteiger partial charge on any atom is -0.489 e. The lowest BCUT2D eigenvalue weighted by Gasteiger charge is -2.29. The molecule has 2 aromatic carbocycles. The summed E-state index contributed by atoms with van der Waals surface area (Å²) in [6.45, 7) is 0.632. The second-order valence-corrected chi connectivity index (χ2v) is 8.43. The number of morpholine rings is 1. The minimum absolute atomic E-state index is 0.0383. The Hall–Kier alpha value is -3.72. The predicted molar refractivity (Wildman–Crippen MR) is 119 cm³/mol. The summed E-state index contributed by atoms with van der Waals surface area (Å²) in [5, 5.41) is 2.23. The summed E-state index contributed by atoms with van der Waals surface area (Å²) in [5.41, 5.74) is 2.28. The van der Waals surface area contributed by atoms with Crippen LogP contribution in [0, 0.1) is 0 Å². The number of ether oxygens (including phenoxy) is 2. The first-order valence-corrected chi connectivity index (χ1v) is 11.1. The Balaban J connectivity index is 1.30. The summed E-state index contributed by atoms with van der Waals surface area (Å²) in [5.74, 6) is -1.33. The average Bonchev–Trinajstić information content (AvgIpc) is 3.09. The highest BCUT2D eigenvalue weighted by atomic mass is 16.5. The molecule has 3 aliphatic rings. The number of nitrogens with zero attached hydrogens (tertiary/aromatic N) is 2. The van der Waals surface area contributed by atoms with Gasteiger partial charge >= 0.3 is 0 Å². The third kappa shape index (κ3) is 4.38. The van der Waals surface area contributed by atoms with Crippen LogP contribution >= 0.6 is 0 Å². The van der Waals surface area contributed by atoms with Gasteiger partial charge in [0, 0.05) is 30.6 Å². The van der Waals surface area contributed by atoms with Crippen LogP contribution in [0.3, 0.4) is 0 Å². The Bertz CT molecular complexity index is 1240. The number of amides is 4. The maximum absolute atomic E-state index is 13.1. The fourth-order valence-corrected chi connectivity index (χ4v) is 4.27. The van der Waals surface area contributed by atoms with Crippen LogP contribution in [-0.4, -0.2) is 59.2 Å². The van der Waals surface area contributed by atoms with Crippen molar-refractivity contribution in [2.75, 3.05) is 19.8 Å². The molecule has 9 heteroatoms. The van der Waals surface area contributed by atoms with Crippen molar-refractivity contribution < 1.29 is 31.4 Å². The number of rotatable bonds is 6. The lowest BCUT2D eigenvalue weighted by atomic mass is 10.0. The number of hydrogen-bond acceptors (Lipinski definition) is 6. The van der Waals surface area contributed by atoms with Gasteiger partial charge in [-0.3, -0.25) is 24.5 Å². The van der Waals surface area contributed by atoms with Crippen molar-refractivity contribution in [1.29, 1.82) is 0 Å². The summed E-state index contributed by atoms with van der Waals surface area (Å²) >= 11 is 0. The molecule has 3 aliphatic heterocycles. The minimum atomic E-state index is -1.19. The maximum atomic E-state index is 13.1. The van der Waals surface area contributed by atoms with Crippen LogP contribution in [0.4, 0.5) is 0 Å². The van der Waals surface area contributed by atoms with Gasteiger partial charge in [0.05, 0.1) is 15.9 Å². The summed E-state index contributed by atoms with van der Waals surface area (Å²) in [6, 6.07) is 9.54. The highest BCUT2D eigenvalue weighted by Crippen LogP contribution is 2.34. The first-order valence-electron chi connectivity index (χ1n) is 12.2. The molecule has 0 aliphatic carbocycles. The van der Waals surface area contributed by atoms with Crippen LogP contribution < -0.4 is 10.1 Å². The van der Waals surface area contributed by atoms with Gasteiger partial charge in [-0.05, 0) is 29.7 Å². The van der Waals surface area contributed by atoms with Gasteiger partial charge in [-0.2, -0.15) is 0 Å². The van der Waals surface area contributed by atoms with E-state index >= 15 is 0 Å². The number of carbonyl (C=O) groups excluding carboxylic acids is 4. The number of carbonyl (C=O) groups is 4. The maximum Gasteiger partial charge on any atom is 0.255 e. The van der Waals surface area contributed by atoms with Gasteiger partial charge in [0.15, 0.2) is 0 Å². The van der Waals surface area contributed by atoms with E-state index in [0.717, 1.165) is 16.0 Å². The molecule has 2 saturated heterocycles. The van der Waals surface area contributed by atoms with Crippen LogP contribution in [0.2, 0.25) is 0 Å². The van der Waals surface area contributed by atoms with Gasteiger partial charge < -0.3 is 19.3 Å². The summed E-state index contributed by atoms with van der Waals surface area (Å²) in [4.78, 5) is 51.8. The summed E-state index contributed by atoms with van der Waals surface area (Å²) < 4.78 is 27.9. The number of fused-ring (bicyclic) bond motifs is 1. The largest absolute Gasteiger partial charge is 0.489 e. The predicted octanol–water partition coefficient (Wildman–Crippen LogP) is 1.39. The number of piperidine rings is 1. The summed E-state index contributed by atoms with van der Waals surface area (Å²) in [7, 11) is 0. The Morgan fingerprint density at radius 3 is 2.68 bits per heavy atom. The molecule has 0 spiro atoms. The van der Waals surface area contributed by atoms with Gasteiger partial charge in [0.25, 0.3) is 5.91 Å². The third-order valence-electron chi connectivity index (χ3n) is 6.15. The molecule has 0 aromatic heterocycles. The molecule has 0 radical (unpaired) electrons. The molecule has 1 N–H and O–H groups in total. The molecular weight excluding hydrogens is 438 g/mol. The zero-order chi connectivity index (χ0) is 25.4. The first kappa shape index (κ1) is 19.7. The molecule has 34 heavy (non-hydrogen) atoms. The molecule has 0 saturated carbocycles. The monoisotopic (exact) mass is 465 g/mol. The van der Waals surface area contributed by atoms with Gasteiger partial charge in [-0.1, -0.05) is 30.3 Å². The van der Waals surface area contributed by atoms with E-state index in [1.54, 1.807) is 4.90 Å². The van der Waals surface area contributed by atoms with E-state index < -0.39 is 30.3 Å². The van der Waals surface area contributed by atoms with Crippen molar-refractivity contribution in [1.82, 2.24) is 15.1 Å². The van der Waals surface area contributed by atoms with Crippen molar-refractivity contribution in [3.63, 3.8) is 0 Å². The molecule has 5 rings (SSSR count). The van der Waals surface area contributed by atoms with Crippen molar-refractivity contribution >= 4 is 23.6 Å².